The third-order valence-corrected chi connectivity index (χ3v) is 4.53. The minimum Gasteiger partial charge on any atom is -0.372 e. The molecule has 2 heterocycles. The van der Waals surface area contributed by atoms with Crippen molar-refractivity contribution >= 4 is 11.6 Å². The van der Waals surface area contributed by atoms with E-state index >= 15 is 0 Å². The fourth-order valence-corrected chi connectivity index (χ4v) is 3.22. The van der Waals surface area contributed by atoms with E-state index in [1.807, 2.05) is 24.3 Å². The number of halogens is 1. The van der Waals surface area contributed by atoms with E-state index in [9.17, 15) is 9.18 Å². The van der Waals surface area contributed by atoms with Gasteiger partial charge in [0.2, 0.25) is 0 Å². The van der Waals surface area contributed by atoms with Crippen molar-refractivity contribution in [1.29, 1.82) is 0 Å². The number of hydrogen-bond donors (Lipinski definition) is 2. The molecule has 1 aromatic carbocycles. The molecule has 22 heavy (non-hydrogen) atoms. The molecule has 2 saturated heterocycles. The van der Waals surface area contributed by atoms with E-state index in [2.05, 4.69) is 15.5 Å². The number of anilines is 1. The Hall–Kier alpha value is -1.62. The average Bonchev–Trinajstić information content (AvgIpc) is 2.99. The molecule has 0 bridgehead atoms. The third kappa shape index (κ3) is 3.77. The molecule has 2 aliphatic heterocycles. The number of nitrogens with one attached hydrogen (secondary N) is 2. The molecule has 2 N–H and O–H groups in total. The highest BCUT2D eigenvalue weighted by molar-refractivity contribution is 5.94. The lowest BCUT2D eigenvalue weighted by Gasteiger charge is -2.28. The zero-order valence-electron chi connectivity index (χ0n) is 12.9. The molecule has 0 aromatic heterocycles. The summed E-state index contributed by atoms with van der Waals surface area (Å²) in [5, 5.41) is 5.95. The first-order valence-corrected chi connectivity index (χ1v) is 8.23. The second kappa shape index (κ2) is 7.09. The van der Waals surface area contributed by atoms with Gasteiger partial charge in [-0.05, 0) is 49.9 Å². The minimum absolute atomic E-state index is 0.0478. The van der Waals surface area contributed by atoms with Gasteiger partial charge in [0, 0.05) is 43.5 Å². The first kappa shape index (κ1) is 15.3. The van der Waals surface area contributed by atoms with Gasteiger partial charge in [0.25, 0.3) is 5.91 Å². The Morgan fingerprint density at radius 2 is 1.95 bits per heavy atom. The zero-order valence-corrected chi connectivity index (χ0v) is 12.9. The Bertz CT molecular complexity index is 499. The summed E-state index contributed by atoms with van der Waals surface area (Å²) in [6.45, 7) is 3.07. The molecule has 0 radical (unpaired) electrons. The van der Waals surface area contributed by atoms with Crippen LogP contribution in [0.4, 0.5) is 10.1 Å². The van der Waals surface area contributed by atoms with Crippen LogP contribution in [0, 0.1) is 0 Å². The largest absolute Gasteiger partial charge is 0.372 e. The Labute approximate surface area is 131 Å². The summed E-state index contributed by atoms with van der Waals surface area (Å²) in [6.07, 6.45) is 3.49. The van der Waals surface area contributed by atoms with Gasteiger partial charge in [-0.1, -0.05) is 0 Å². The molecule has 4 nitrogen and oxygen atoms in total. The van der Waals surface area contributed by atoms with Gasteiger partial charge in [-0.3, -0.25) is 4.79 Å². The molecule has 120 valence electrons. The van der Waals surface area contributed by atoms with Gasteiger partial charge >= 0.3 is 0 Å². The van der Waals surface area contributed by atoms with Crippen LogP contribution in [0.1, 0.15) is 36.0 Å². The van der Waals surface area contributed by atoms with Crippen LogP contribution in [-0.4, -0.2) is 44.3 Å². The van der Waals surface area contributed by atoms with E-state index in [-0.39, 0.29) is 11.9 Å². The Kier molecular flexibility index (Phi) is 4.93. The fraction of sp³-hybridized carbons (Fsp3) is 0.588. The predicted octanol–water partition coefficient (Wildman–Crippen LogP) is 2.11. The summed E-state index contributed by atoms with van der Waals surface area (Å²) in [7, 11) is 0. The van der Waals surface area contributed by atoms with Gasteiger partial charge in [-0.15, -0.1) is 0 Å². The van der Waals surface area contributed by atoms with E-state index in [0.29, 0.717) is 25.1 Å². The summed E-state index contributed by atoms with van der Waals surface area (Å²) >= 11 is 0. The van der Waals surface area contributed by atoms with Crippen LogP contribution >= 0.6 is 0 Å². The molecule has 2 aliphatic rings. The van der Waals surface area contributed by atoms with E-state index < -0.39 is 6.17 Å². The molecular formula is C17H24FN3O. The number of nitrogens with zero attached hydrogens (tertiary/aromatic N) is 1. The van der Waals surface area contributed by atoms with Crippen molar-refractivity contribution < 1.29 is 9.18 Å². The Morgan fingerprint density at radius 1 is 1.23 bits per heavy atom. The van der Waals surface area contributed by atoms with Gasteiger partial charge in [-0.25, -0.2) is 4.39 Å². The molecule has 0 aliphatic carbocycles. The van der Waals surface area contributed by atoms with Gasteiger partial charge in [0.05, 0.1) is 0 Å². The number of carbonyl (C=O) groups excluding carboxylic acids is 1. The van der Waals surface area contributed by atoms with Crippen LogP contribution in [0.15, 0.2) is 24.3 Å². The monoisotopic (exact) mass is 305 g/mol. The summed E-state index contributed by atoms with van der Waals surface area (Å²) in [4.78, 5) is 14.5. The van der Waals surface area contributed by atoms with Crippen LogP contribution in [0.3, 0.4) is 0 Å². The van der Waals surface area contributed by atoms with Crippen LogP contribution in [0.5, 0.6) is 0 Å². The van der Waals surface area contributed by atoms with Crippen LogP contribution in [0.2, 0.25) is 0 Å². The van der Waals surface area contributed by atoms with Crippen molar-refractivity contribution in [1.82, 2.24) is 10.6 Å². The molecular weight excluding hydrogens is 281 g/mol. The molecule has 0 unspecified atom stereocenters. The maximum atomic E-state index is 13.1. The summed E-state index contributed by atoms with van der Waals surface area (Å²) < 4.78 is 13.1. The molecule has 2 atom stereocenters. The number of carbonyl (C=O) groups is 1. The van der Waals surface area contributed by atoms with Crippen LogP contribution < -0.4 is 15.5 Å². The maximum absolute atomic E-state index is 13.1. The maximum Gasteiger partial charge on any atom is 0.251 e. The summed E-state index contributed by atoms with van der Waals surface area (Å²) in [5.74, 6) is -0.0886. The zero-order chi connectivity index (χ0) is 15.4. The second-order valence-electron chi connectivity index (χ2n) is 6.24. The standard InChI is InChI=1S/C17H24FN3O/c18-14-10-15(19-11-14)12-20-17(22)13-4-6-16(7-5-13)21-8-2-1-3-9-21/h4-7,14-15,19H,1-3,8-12H2,(H,20,22)/t14-,15-/m0/s1. The minimum atomic E-state index is -0.786. The highest BCUT2D eigenvalue weighted by Gasteiger charge is 2.23. The smallest absolute Gasteiger partial charge is 0.251 e. The fourth-order valence-electron chi connectivity index (χ4n) is 3.22. The second-order valence-corrected chi connectivity index (χ2v) is 6.24. The number of piperidine rings is 1. The number of benzene rings is 1. The van der Waals surface area contributed by atoms with Gasteiger partial charge in [-0.2, -0.15) is 0 Å². The Morgan fingerprint density at radius 3 is 2.59 bits per heavy atom. The number of amides is 1. The van der Waals surface area contributed by atoms with E-state index in [0.717, 1.165) is 13.1 Å². The van der Waals surface area contributed by atoms with Crippen molar-refractivity contribution in [3.63, 3.8) is 0 Å². The molecule has 3 rings (SSSR count). The lowest BCUT2D eigenvalue weighted by atomic mass is 10.1. The van der Waals surface area contributed by atoms with E-state index in [4.69, 9.17) is 0 Å². The highest BCUT2D eigenvalue weighted by Crippen LogP contribution is 2.20. The van der Waals surface area contributed by atoms with Crippen molar-refractivity contribution in [2.24, 2.45) is 0 Å². The van der Waals surface area contributed by atoms with E-state index in [1.54, 1.807) is 0 Å². The number of rotatable bonds is 4. The molecule has 0 saturated carbocycles. The third-order valence-electron chi connectivity index (χ3n) is 4.53. The molecule has 0 spiro atoms. The van der Waals surface area contributed by atoms with Crippen molar-refractivity contribution in [3.05, 3.63) is 29.8 Å². The van der Waals surface area contributed by atoms with Crippen molar-refractivity contribution in [2.75, 3.05) is 31.1 Å². The average molecular weight is 305 g/mol. The van der Waals surface area contributed by atoms with Crippen LogP contribution in [0.25, 0.3) is 0 Å². The molecule has 5 heteroatoms. The van der Waals surface area contributed by atoms with Crippen LogP contribution in [-0.2, 0) is 0 Å². The topological polar surface area (TPSA) is 44.4 Å². The van der Waals surface area contributed by atoms with Crippen molar-refractivity contribution in [3.8, 4) is 0 Å². The molecule has 2 fully saturated rings. The molecule has 1 aromatic rings. The highest BCUT2D eigenvalue weighted by atomic mass is 19.1. The lowest BCUT2D eigenvalue weighted by Crippen LogP contribution is -2.37. The van der Waals surface area contributed by atoms with Gasteiger partial charge in [0.15, 0.2) is 0 Å². The summed E-state index contributed by atoms with van der Waals surface area (Å²) in [5.41, 5.74) is 1.85. The lowest BCUT2D eigenvalue weighted by molar-refractivity contribution is 0.0950. The normalized spacial score (nSPS) is 25.2. The van der Waals surface area contributed by atoms with Gasteiger partial charge < -0.3 is 15.5 Å². The predicted molar refractivity (Wildman–Crippen MR) is 86.1 cm³/mol. The molecule has 1 amide bonds. The first-order valence-electron chi connectivity index (χ1n) is 8.23. The Balaban J connectivity index is 1.52. The van der Waals surface area contributed by atoms with Gasteiger partial charge in [0.1, 0.15) is 6.17 Å². The number of alkyl halides is 1. The quantitative estimate of drug-likeness (QED) is 0.895. The van der Waals surface area contributed by atoms with Crippen molar-refractivity contribution in [2.45, 2.75) is 37.9 Å². The first-order chi connectivity index (χ1) is 10.7. The summed E-state index contributed by atoms with van der Waals surface area (Å²) in [6, 6.07) is 7.84. The number of hydrogen-bond acceptors (Lipinski definition) is 3. The van der Waals surface area contributed by atoms with E-state index in [1.165, 1.54) is 24.9 Å². The SMILES string of the molecule is O=C(NC[C@@H]1C[C@H](F)CN1)c1ccc(N2CCCCC2)cc1.